The molecular formula is C50H81N4O15P. The number of nitriles is 1. The molecule has 396 valence electrons. The summed E-state index contributed by atoms with van der Waals surface area (Å²) in [5.74, 6) is -3.63. The van der Waals surface area contributed by atoms with Gasteiger partial charge in [0.15, 0.2) is 17.8 Å². The molecule has 15 atom stereocenters. The Labute approximate surface area is 414 Å². The van der Waals surface area contributed by atoms with Crippen molar-refractivity contribution in [3.8, 4) is 6.07 Å². The van der Waals surface area contributed by atoms with Crippen LogP contribution >= 0.6 is 7.82 Å². The van der Waals surface area contributed by atoms with Gasteiger partial charge in [-0.15, -0.1) is 0 Å². The third-order valence-corrected chi connectivity index (χ3v) is 14.5. The molecule has 1 spiro atoms. The molecule has 1 unspecified atom stereocenters. The number of phosphoric ester groups is 1. The Morgan fingerprint density at radius 3 is 2.36 bits per heavy atom. The second kappa shape index (κ2) is 27.0. The number of hydrogen-bond donors (Lipinski definition) is 8. The van der Waals surface area contributed by atoms with E-state index in [1.54, 1.807) is 45.8 Å². The van der Waals surface area contributed by atoms with Crippen LogP contribution in [0, 0.1) is 34.5 Å². The fraction of sp³-hybridized carbons (Fsp3) is 0.700. The molecule has 2 fully saturated rings. The third kappa shape index (κ3) is 16.3. The molecular weight excluding hydrogens is 928 g/mol. The summed E-state index contributed by atoms with van der Waals surface area (Å²) in [4.78, 5) is 39.2. The number of aromatic nitrogens is 1. The van der Waals surface area contributed by atoms with E-state index >= 15 is 0 Å². The topological polar surface area (TPSA) is 287 Å². The molecule has 0 bridgehead atoms. The second-order valence-electron chi connectivity index (χ2n) is 19.9. The van der Waals surface area contributed by atoms with Gasteiger partial charge in [0.25, 0.3) is 5.91 Å². The molecule has 1 amide bonds. The van der Waals surface area contributed by atoms with Crippen LogP contribution in [0.5, 0.6) is 0 Å². The molecule has 0 aliphatic carbocycles. The Bertz CT molecular complexity index is 2080. The van der Waals surface area contributed by atoms with Crippen molar-refractivity contribution in [1.82, 2.24) is 15.2 Å². The van der Waals surface area contributed by atoms with E-state index in [-0.39, 0.29) is 44.2 Å². The number of ether oxygens (including phenoxy) is 4. The van der Waals surface area contributed by atoms with E-state index in [0.717, 1.165) is 16.7 Å². The molecule has 8 N–H and O–H groups in total. The number of oxazole rings is 1. The predicted octanol–water partition coefficient (Wildman–Crippen LogP) is 4.69. The minimum absolute atomic E-state index is 0.0645. The van der Waals surface area contributed by atoms with Crippen LogP contribution in [-0.2, 0) is 32.8 Å². The molecule has 0 saturated carbocycles. The van der Waals surface area contributed by atoms with Gasteiger partial charge in [0.1, 0.15) is 30.3 Å². The number of carbonyl (C=O) groups excluding carboxylic acids is 1. The number of phosphoric acid groups is 1. The van der Waals surface area contributed by atoms with Gasteiger partial charge in [0.2, 0.25) is 0 Å². The molecule has 1 aromatic rings. The lowest BCUT2D eigenvalue weighted by Gasteiger charge is -2.50. The van der Waals surface area contributed by atoms with Crippen LogP contribution in [0.25, 0.3) is 6.08 Å². The molecule has 3 rings (SSSR count). The Morgan fingerprint density at radius 1 is 1.09 bits per heavy atom. The molecule has 2 aliphatic rings. The number of nitrogens with one attached hydrogen (secondary N) is 1. The average molecular weight is 1010 g/mol. The maximum absolute atomic E-state index is 12.6. The van der Waals surface area contributed by atoms with Crippen molar-refractivity contribution < 1.29 is 72.6 Å². The summed E-state index contributed by atoms with van der Waals surface area (Å²) >= 11 is 0. The molecule has 2 aliphatic heterocycles. The Hall–Kier alpha value is -3.42. The van der Waals surface area contributed by atoms with E-state index in [4.69, 9.17) is 33.2 Å². The molecule has 2 saturated heterocycles. The maximum atomic E-state index is 12.6. The van der Waals surface area contributed by atoms with E-state index in [1.807, 2.05) is 78.0 Å². The number of likely N-dealkylation sites (N-methyl/N-ethyl adjacent to an activating group) is 1. The SMILES string of the molecule is COCC([C@@H](O)[C@@H](O)C(=O)NCC[C@@H](C)c1nc(/C=C/C[C@H]2O[C@@]3(C[C@H](O)[C@H]2C)O[C@@H]([C@@H](C[C@@H](O)[C@@H](C)[C@@H](O)[C@@H](C)/C=C(C)/C(C)=C/C=C/C(C)=C\C#N)OC)[C@H](OP(=O)(O)O)C3(C)C)co1)N(C)C. The number of aliphatic hydroxyl groups excluding tert-OH is 5. The summed E-state index contributed by atoms with van der Waals surface area (Å²) < 4.78 is 48.2. The van der Waals surface area contributed by atoms with Crippen LogP contribution in [0.2, 0.25) is 0 Å². The van der Waals surface area contributed by atoms with Crippen molar-refractivity contribution in [1.29, 1.82) is 5.26 Å². The monoisotopic (exact) mass is 1010 g/mol. The first-order chi connectivity index (χ1) is 32.6. The lowest BCUT2D eigenvalue weighted by molar-refractivity contribution is -0.334. The van der Waals surface area contributed by atoms with Gasteiger partial charge in [0.05, 0.1) is 49.2 Å². The lowest BCUT2D eigenvalue weighted by atomic mass is 9.72. The zero-order valence-corrected chi connectivity index (χ0v) is 44.0. The first kappa shape index (κ1) is 60.9. The Morgan fingerprint density at radius 2 is 1.76 bits per heavy atom. The summed E-state index contributed by atoms with van der Waals surface area (Å²) in [5.41, 5.74) is 1.87. The minimum Gasteiger partial charge on any atom is -0.448 e. The number of nitrogens with zero attached hydrogens (tertiary/aromatic N) is 3. The van der Waals surface area contributed by atoms with Crippen LogP contribution in [0.4, 0.5) is 0 Å². The second-order valence-corrected chi connectivity index (χ2v) is 21.1. The standard InChI is InChI=1S/C50H81N4O15P/c1-29(20-22-51)16-14-17-30(2)32(4)24-33(5)42(57)35(7)38(55)25-41(65-13)45-46(69-70(61,62)63)49(8,9)50(68-45)26-39(56)34(6)40(67-50)19-15-18-36-27-66-48(53-36)31(3)21-23-52-47(60)44(59)43(58)37(28-64-12)54(10)11/h14-18,20,24,27,31,33-35,37-46,55-59H,19,21,23,25-26,28H2,1-13H3,(H,52,60)(H2,61,62,63)/b16-14+,18-15+,29-20-,30-17+,32-24+/t31-,33+,34-,35-,37?,38-,39+,40-,41-,42+,43-,44-,45+,46+,50+/m1/s1. The Balaban J connectivity index is 1.74. The summed E-state index contributed by atoms with van der Waals surface area (Å²) in [6.07, 6.45) is 4.10. The molecule has 70 heavy (non-hydrogen) atoms. The van der Waals surface area contributed by atoms with E-state index in [2.05, 4.69) is 10.3 Å². The molecule has 0 aromatic carbocycles. The highest BCUT2D eigenvalue weighted by molar-refractivity contribution is 7.46. The minimum atomic E-state index is -5.15. The first-order valence-corrected chi connectivity index (χ1v) is 25.4. The normalized spacial score (nSPS) is 27.6. The fourth-order valence-corrected chi connectivity index (χ4v) is 9.64. The number of amides is 1. The van der Waals surface area contributed by atoms with Crippen LogP contribution in [0.3, 0.4) is 0 Å². The maximum Gasteiger partial charge on any atom is 0.469 e. The van der Waals surface area contributed by atoms with Gasteiger partial charge in [-0.1, -0.05) is 77.5 Å². The quantitative estimate of drug-likeness (QED) is 0.0355. The summed E-state index contributed by atoms with van der Waals surface area (Å²) in [5, 5.41) is 67.1. The molecule has 3 heterocycles. The van der Waals surface area contributed by atoms with Crippen molar-refractivity contribution >= 4 is 19.8 Å². The number of methoxy groups -OCH3 is 2. The number of allylic oxidation sites excluding steroid dienone is 7. The summed E-state index contributed by atoms with van der Waals surface area (Å²) in [6.45, 7) is 16.6. The fourth-order valence-electron chi connectivity index (χ4n) is 8.96. The van der Waals surface area contributed by atoms with Crippen molar-refractivity contribution in [2.45, 2.75) is 161 Å². The van der Waals surface area contributed by atoms with E-state index < -0.39 is 97.7 Å². The van der Waals surface area contributed by atoms with E-state index in [0.29, 0.717) is 18.0 Å². The first-order valence-electron chi connectivity index (χ1n) is 23.8. The van der Waals surface area contributed by atoms with E-state index in [9.17, 15) is 44.7 Å². The average Bonchev–Trinajstić information content (AvgIpc) is 3.84. The lowest BCUT2D eigenvalue weighted by Crippen LogP contribution is -2.58. The highest BCUT2D eigenvalue weighted by Crippen LogP contribution is 2.59. The molecule has 20 heteroatoms. The summed E-state index contributed by atoms with van der Waals surface area (Å²) in [7, 11) is 1.12. The summed E-state index contributed by atoms with van der Waals surface area (Å²) in [6, 6.07) is 1.40. The molecule has 0 radical (unpaired) electrons. The van der Waals surface area contributed by atoms with Crippen LogP contribution < -0.4 is 5.32 Å². The van der Waals surface area contributed by atoms with Crippen LogP contribution in [0.15, 0.2) is 63.9 Å². The van der Waals surface area contributed by atoms with Gasteiger partial charge >= 0.3 is 7.82 Å². The van der Waals surface area contributed by atoms with Crippen molar-refractivity contribution in [2.24, 2.45) is 23.2 Å². The highest BCUT2D eigenvalue weighted by atomic mass is 31.2. The number of carbonyl (C=O) groups is 1. The van der Waals surface area contributed by atoms with Gasteiger partial charge in [-0.05, 0) is 64.9 Å². The van der Waals surface area contributed by atoms with Crippen LogP contribution in [-0.4, -0.2) is 159 Å². The van der Waals surface area contributed by atoms with Gasteiger partial charge < -0.3 is 68.9 Å². The van der Waals surface area contributed by atoms with Gasteiger partial charge in [0, 0.05) is 68.8 Å². The number of rotatable bonds is 26. The highest BCUT2D eigenvalue weighted by Gasteiger charge is 2.68. The van der Waals surface area contributed by atoms with Crippen molar-refractivity contribution in [3.63, 3.8) is 0 Å². The van der Waals surface area contributed by atoms with Gasteiger partial charge in [-0.2, -0.15) is 5.26 Å². The zero-order chi connectivity index (χ0) is 52.9. The van der Waals surface area contributed by atoms with Gasteiger partial charge in [-0.25, -0.2) is 9.55 Å². The van der Waals surface area contributed by atoms with Crippen molar-refractivity contribution in [2.75, 3.05) is 41.5 Å². The molecule has 1 aromatic heterocycles. The Kier molecular flexibility index (Phi) is 23.5. The number of aliphatic hydroxyl groups is 5. The van der Waals surface area contributed by atoms with Crippen molar-refractivity contribution in [3.05, 3.63) is 71.0 Å². The third-order valence-electron chi connectivity index (χ3n) is 14.0. The van der Waals surface area contributed by atoms with Crippen LogP contribution in [0.1, 0.15) is 105 Å². The largest absolute Gasteiger partial charge is 0.469 e. The zero-order valence-electron chi connectivity index (χ0n) is 43.1. The van der Waals surface area contributed by atoms with Gasteiger partial charge in [-0.3, -0.25) is 9.32 Å². The number of hydrogen-bond acceptors (Lipinski definition) is 16. The smallest absolute Gasteiger partial charge is 0.448 e. The van der Waals surface area contributed by atoms with E-state index in [1.165, 1.54) is 26.6 Å². The predicted molar refractivity (Wildman–Crippen MR) is 262 cm³/mol. The molecule has 19 nitrogen and oxygen atoms in total.